The number of para-hydroxylation sites is 1. The van der Waals surface area contributed by atoms with Crippen LogP contribution in [0.5, 0.6) is 5.75 Å². The third-order valence-corrected chi connectivity index (χ3v) is 4.85. The Balaban J connectivity index is 0.00000256. The summed E-state index contributed by atoms with van der Waals surface area (Å²) in [4.78, 5) is 27.4. The predicted octanol–water partition coefficient (Wildman–Crippen LogP) is 2.06. The standard InChI is InChI=1S/C20H22N6O3.ClH/c1-28-16-6-3-2-5-14(16)15-13-21-11-12-26(15)18(27)8-7-17-24-20(25-29-17)19-22-9-4-10-23-19;/h2-6,9-10,15,21H,7-8,11-13H2,1H3;1H. The van der Waals surface area contributed by atoms with E-state index >= 15 is 0 Å². The number of carbonyl (C=O) groups is 1. The maximum absolute atomic E-state index is 13.0. The molecule has 2 aromatic heterocycles. The van der Waals surface area contributed by atoms with Gasteiger partial charge < -0.3 is 19.5 Å². The number of hydrogen-bond acceptors (Lipinski definition) is 8. The Morgan fingerprint density at radius 2 is 2.03 bits per heavy atom. The molecule has 0 saturated carbocycles. The molecule has 3 aromatic rings. The van der Waals surface area contributed by atoms with Crippen molar-refractivity contribution in [1.29, 1.82) is 0 Å². The topological polar surface area (TPSA) is 106 Å². The van der Waals surface area contributed by atoms with Gasteiger partial charge in [0.1, 0.15) is 5.75 Å². The number of methoxy groups -OCH3 is 1. The molecule has 30 heavy (non-hydrogen) atoms. The van der Waals surface area contributed by atoms with Crippen LogP contribution in [-0.4, -0.2) is 57.7 Å². The molecule has 0 spiro atoms. The number of piperazine rings is 1. The van der Waals surface area contributed by atoms with Gasteiger partial charge in [-0.2, -0.15) is 4.98 Å². The van der Waals surface area contributed by atoms with Crippen molar-refractivity contribution in [1.82, 2.24) is 30.3 Å². The summed E-state index contributed by atoms with van der Waals surface area (Å²) in [5, 5.41) is 7.26. The van der Waals surface area contributed by atoms with E-state index in [2.05, 4.69) is 25.4 Å². The van der Waals surface area contributed by atoms with Gasteiger partial charge in [0, 0.05) is 50.4 Å². The van der Waals surface area contributed by atoms with Crippen LogP contribution in [0.4, 0.5) is 0 Å². The smallest absolute Gasteiger partial charge is 0.240 e. The summed E-state index contributed by atoms with van der Waals surface area (Å²) < 4.78 is 10.8. The van der Waals surface area contributed by atoms with Gasteiger partial charge in [-0.05, 0) is 12.1 Å². The van der Waals surface area contributed by atoms with Crippen molar-refractivity contribution >= 4 is 18.3 Å². The number of rotatable bonds is 6. The highest BCUT2D eigenvalue weighted by atomic mass is 35.5. The number of aromatic nitrogens is 4. The van der Waals surface area contributed by atoms with Crippen molar-refractivity contribution < 1.29 is 14.1 Å². The number of ether oxygens (including phenoxy) is 1. The second-order valence-electron chi connectivity index (χ2n) is 6.63. The fourth-order valence-corrected chi connectivity index (χ4v) is 3.44. The number of halogens is 1. The van der Waals surface area contributed by atoms with E-state index in [0.717, 1.165) is 17.9 Å². The summed E-state index contributed by atoms with van der Waals surface area (Å²) in [6, 6.07) is 9.44. The summed E-state index contributed by atoms with van der Waals surface area (Å²) in [6.45, 7) is 2.07. The van der Waals surface area contributed by atoms with Crippen molar-refractivity contribution in [3.05, 3.63) is 54.2 Å². The molecule has 1 fully saturated rings. The predicted molar refractivity (Wildman–Crippen MR) is 111 cm³/mol. The average Bonchev–Trinajstić information content (AvgIpc) is 3.27. The number of benzene rings is 1. The van der Waals surface area contributed by atoms with Gasteiger partial charge in [-0.15, -0.1) is 12.4 Å². The lowest BCUT2D eigenvalue weighted by Gasteiger charge is -2.37. The summed E-state index contributed by atoms with van der Waals surface area (Å²) in [7, 11) is 1.64. The minimum absolute atomic E-state index is 0. The molecule has 1 amide bonds. The Morgan fingerprint density at radius 1 is 1.23 bits per heavy atom. The first-order chi connectivity index (χ1) is 14.3. The van der Waals surface area contributed by atoms with Gasteiger partial charge in [-0.25, -0.2) is 9.97 Å². The van der Waals surface area contributed by atoms with Crippen LogP contribution in [0, 0.1) is 0 Å². The second kappa shape index (κ2) is 10.1. The molecular weight excluding hydrogens is 408 g/mol. The van der Waals surface area contributed by atoms with E-state index in [0.29, 0.717) is 37.0 Å². The van der Waals surface area contributed by atoms with Crippen LogP contribution < -0.4 is 10.1 Å². The normalized spacial score (nSPS) is 16.0. The van der Waals surface area contributed by atoms with Crippen LogP contribution in [0.2, 0.25) is 0 Å². The molecule has 1 aliphatic heterocycles. The van der Waals surface area contributed by atoms with E-state index in [-0.39, 0.29) is 30.8 Å². The lowest BCUT2D eigenvalue weighted by Crippen LogP contribution is -2.48. The van der Waals surface area contributed by atoms with Crippen LogP contribution >= 0.6 is 12.4 Å². The minimum Gasteiger partial charge on any atom is -0.496 e. The summed E-state index contributed by atoms with van der Waals surface area (Å²) in [5.41, 5.74) is 0.997. The van der Waals surface area contributed by atoms with E-state index < -0.39 is 0 Å². The fraction of sp³-hybridized carbons (Fsp3) is 0.350. The summed E-state index contributed by atoms with van der Waals surface area (Å²) in [5.74, 6) is 1.93. The summed E-state index contributed by atoms with van der Waals surface area (Å²) >= 11 is 0. The molecule has 10 heteroatoms. The second-order valence-corrected chi connectivity index (χ2v) is 6.63. The SMILES string of the molecule is COc1ccccc1C1CNCCN1C(=O)CCc1nc(-c2ncccn2)no1.Cl. The highest BCUT2D eigenvalue weighted by Gasteiger charge is 2.29. The molecule has 158 valence electrons. The summed E-state index contributed by atoms with van der Waals surface area (Å²) in [6.07, 6.45) is 3.87. The van der Waals surface area contributed by atoms with Crippen LogP contribution in [0.25, 0.3) is 11.6 Å². The van der Waals surface area contributed by atoms with Crippen LogP contribution in [0.1, 0.15) is 23.9 Å². The molecule has 0 radical (unpaired) electrons. The van der Waals surface area contributed by atoms with Crippen LogP contribution in [0.15, 0.2) is 47.2 Å². The Hall–Kier alpha value is -3.04. The number of nitrogens with zero attached hydrogens (tertiary/aromatic N) is 5. The molecule has 0 aliphatic carbocycles. The van der Waals surface area contributed by atoms with Crippen molar-refractivity contribution in [2.24, 2.45) is 0 Å². The minimum atomic E-state index is -0.0802. The van der Waals surface area contributed by atoms with Gasteiger partial charge in [-0.3, -0.25) is 4.79 Å². The van der Waals surface area contributed by atoms with E-state index in [9.17, 15) is 4.79 Å². The van der Waals surface area contributed by atoms with E-state index in [4.69, 9.17) is 9.26 Å². The number of hydrogen-bond donors (Lipinski definition) is 1. The molecule has 3 heterocycles. The zero-order valence-corrected chi connectivity index (χ0v) is 17.3. The largest absolute Gasteiger partial charge is 0.496 e. The van der Waals surface area contributed by atoms with E-state index in [1.165, 1.54) is 0 Å². The fourth-order valence-electron chi connectivity index (χ4n) is 3.44. The first kappa shape index (κ1) is 21.7. The third-order valence-electron chi connectivity index (χ3n) is 4.85. The molecule has 0 bridgehead atoms. The molecular formula is C20H23ClN6O3. The molecule has 1 N–H and O–H groups in total. The van der Waals surface area contributed by atoms with E-state index in [1.807, 2.05) is 29.2 Å². The van der Waals surface area contributed by atoms with E-state index in [1.54, 1.807) is 25.6 Å². The molecule has 9 nitrogen and oxygen atoms in total. The van der Waals surface area contributed by atoms with Gasteiger partial charge in [0.2, 0.25) is 23.4 Å². The Kier molecular flexibility index (Phi) is 7.31. The quantitative estimate of drug-likeness (QED) is 0.633. The number of nitrogens with one attached hydrogen (secondary N) is 1. The molecule has 1 aromatic carbocycles. The highest BCUT2D eigenvalue weighted by molar-refractivity contribution is 5.85. The average molecular weight is 431 g/mol. The Bertz CT molecular complexity index is 968. The number of aryl methyl sites for hydroxylation is 1. The lowest BCUT2D eigenvalue weighted by atomic mass is 10.0. The number of carbonyl (C=O) groups excluding carboxylic acids is 1. The Morgan fingerprint density at radius 3 is 2.83 bits per heavy atom. The zero-order valence-electron chi connectivity index (χ0n) is 16.5. The third kappa shape index (κ3) is 4.74. The van der Waals surface area contributed by atoms with Crippen molar-refractivity contribution in [2.75, 3.05) is 26.7 Å². The molecule has 1 atom stereocenters. The Labute approximate surface area is 180 Å². The molecule has 1 unspecified atom stereocenters. The van der Waals surface area contributed by atoms with Crippen molar-refractivity contribution in [3.63, 3.8) is 0 Å². The van der Waals surface area contributed by atoms with Gasteiger partial charge in [0.15, 0.2) is 0 Å². The van der Waals surface area contributed by atoms with Gasteiger partial charge in [0.05, 0.1) is 13.2 Å². The van der Waals surface area contributed by atoms with Crippen LogP contribution in [-0.2, 0) is 11.2 Å². The van der Waals surface area contributed by atoms with Crippen molar-refractivity contribution in [2.45, 2.75) is 18.9 Å². The molecule has 1 aliphatic rings. The first-order valence-corrected chi connectivity index (χ1v) is 9.49. The first-order valence-electron chi connectivity index (χ1n) is 9.49. The van der Waals surface area contributed by atoms with Crippen LogP contribution in [0.3, 0.4) is 0 Å². The van der Waals surface area contributed by atoms with Gasteiger partial charge in [0.25, 0.3) is 0 Å². The molecule has 4 rings (SSSR count). The zero-order chi connectivity index (χ0) is 20.1. The highest BCUT2D eigenvalue weighted by Crippen LogP contribution is 2.30. The van der Waals surface area contributed by atoms with Crippen molar-refractivity contribution in [3.8, 4) is 17.4 Å². The van der Waals surface area contributed by atoms with Gasteiger partial charge >= 0.3 is 0 Å². The lowest BCUT2D eigenvalue weighted by molar-refractivity contribution is -0.134. The monoisotopic (exact) mass is 430 g/mol. The molecule has 1 saturated heterocycles. The van der Waals surface area contributed by atoms with Gasteiger partial charge in [-0.1, -0.05) is 23.4 Å². The maximum atomic E-state index is 13.0. The maximum Gasteiger partial charge on any atom is 0.240 e. The number of amides is 1.